The van der Waals surface area contributed by atoms with Gasteiger partial charge in [0.25, 0.3) is 0 Å². The molecule has 2 rings (SSSR count). The zero-order valence-electron chi connectivity index (χ0n) is 13.6. The van der Waals surface area contributed by atoms with E-state index in [1.54, 1.807) is 48.5 Å². The van der Waals surface area contributed by atoms with Crippen LogP contribution in [0.15, 0.2) is 60.7 Å². The highest BCUT2D eigenvalue weighted by Crippen LogP contribution is 2.49. The van der Waals surface area contributed by atoms with Gasteiger partial charge in [-0.3, -0.25) is 4.52 Å². The molecule has 2 aromatic carbocycles. The van der Waals surface area contributed by atoms with Gasteiger partial charge in [-0.15, -0.1) is 0 Å². The van der Waals surface area contributed by atoms with Crippen molar-refractivity contribution in [2.75, 3.05) is 6.61 Å². The van der Waals surface area contributed by atoms with E-state index >= 15 is 0 Å². The van der Waals surface area contributed by atoms with Crippen molar-refractivity contribution >= 4 is 7.82 Å². The van der Waals surface area contributed by atoms with Gasteiger partial charge in [0.1, 0.15) is 11.5 Å². The maximum atomic E-state index is 12.9. The van der Waals surface area contributed by atoms with Gasteiger partial charge in [-0.05, 0) is 43.0 Å². The molecule has 0 saturated heterocycles. The van der Waals surface area contributed by atoms with Gasteiger partial charge in [-0.1, -0.05) is 50.2 Å². The molecule has 0 unspecified atom stereocenters. The minimum atomic E-state index is -3.72. The van der Waals surface area contributed by atoms with Crippen molar-refractivity contribution in [1.82, 2.24) is 0 Å². The molecule has 0 amide bonds. The second-order valence-corrected chi connectivity index (χ2v) is 7.14. The van der Waals surface area contributed by atoms with Gasteiger partial charge in [0.15, 0.2) is 0 Å². The van der Waals surface area contributed by atoms with Crippen LogP contribution in [0, 0.1) is 5.92 Å². The Morgan fingerprint density at radius 2 is 1.35 bits per heavy atom. The molecule has 0 bridgehead atoms. The van der Waals surface area contributed by atoms with Gasteiger partial charge in [-0.2, -0.15) is 0 Å². The second kappa shape index (κ2) is 8.76. The monoisotopic (exact) mass is 334 g/mol. The largest absolute Gasteiger partial charge is 0.587 e. The molecule has 0 heterocycles. The molecular weight excluding hydrogens is 311 g/mol. The number of hydrogen-bond acceptors (Lipinski definition) is 4. The standard InChI is InChI=1S/C18H23O4P/c1-16(2)10-9-15-20-23(19,21-17-11-5-3-6-12-17)22-18-13-7-4-8-14-18/h3-8,11-14,16H,9-10,15H2,1-2H3. The highest BCUT2D eigenvalue weighted by molar-refractivity contribution is 7.49. The summed E-state index contributed by atoms with van der Waals surface area (Å²) in [6.07, 6.45) is 1.80. The minimum absolute atomic E-state index is 0.328. The molecule has 0 N–H and O–H groups in total. The van der Waals surface area contributed by atoms with Gasteiger partial charge in [0.2, 0.25) is 0 Å². The Morgan fingerprint density at radius 3 is 1.78 bits per heavy atom. The first kappa shape index (κ1) is 17.6. The van der Waals surface area contributed by atoms with E-state index < -0.39 is 7.82 Å². The van der Waals surface area contributed by atoms with Gasteiger partial charge in [0, 0.05) is 0 Å². The average molecular weight is 334 g/mol. The van der Waals surface area contributed by atoms with Crippen LogP contribution >= 0.6 is 7.82 Å². The lowest BCUT2D eigenvalue weighted by atomic mass is 10.1. The van der Waals surface area contributed by atoms with Crippen LogP contribution in [-0.2, 0) is 9.09 Å². The summed E-state index contributed by atoms with van der Waals surface area (Å²) in [6.45, 7) is 4.61. The van der Waals surface area contributed by atoms with Crippen LogP contribution in [0.1, 0.15) is 26.7 Å². The zero-order chi connectivity index (χ0) is 16.5. The van der Waals surface area contributed by atoms with Crippen LogP contribution in [0.2, 0.25) is 0 Å². The Balaban J connectivity index is 2.05. The lowest BCUT2D eigenvalue weighted by Gasteiger charge is -2.19. The topological polar surface area (TPSA) is 44.8 Å². The Hall–Kier alpha value is -1.77. The summed E-state index contributed by atoms with van der Waals surface area (Å²) < 4.78 is 29.5. The molecule has 0 aliphatic carbocycles. The number of benzene rings is 2. The van der Waals surface area contributed by atoms with Crippen molar-refractivity contribution in [2.24, 2.45) is 5.92 Å². The van der Waals surface area contributed by atoms with Gasteiger partial charge in [0.05, 0.1) is 6.61 Å². The van der Waals surface area contributed by atoms with Crippen molar-refractivity contribution in [2.45, 2.75) is 26.7 Å². The highest BCUT2D eigenvalue weighted by Gasteiger charge is 2.30. The molecule has 2 aromatic rings. The molecule has 0 atom stereocenters. The molecule has 23 heavy (non-hydrogen) atoms. The van der Waals surface area contributed by atoms with Gasteiger partial charge < -0.3 is 9.05 Å². The quantitative estimate of drug-likeness (QED) is 0.435. The third-order valence-corrected chi connectivity index (χ3v) is 4.46. The smallest absolute Gasteiger partial charge is 0.395 e. The van der Waals surface area contributed by atoms with E-state index in [-0.39, 0.29) is 0 Å². The van der Waals surface area contributed by atoms with Crippen molar-refractivity contribution in [3.8, 4) is 11.5 Å². The van der Waals surface area contributed by atoms with Crippen LogP contribution in [0.5, 0.6) is 11.5 Å². The lowest BCUT2D eigenvalue weighted by Crippen LogP contribution is -2.06. The Labute approximate surface area is 138 Å². The van der Waals surface area contributed by atoms with E-state index in [2.05, 4.69) is 13.8 Å². The minimum Gasteiger partial charge on any atom is -0.395 e. The normalized spacial score (nSPS) is 11.4. The summed E-state index contributed by atoms with van der Waals surface area (Å²) in [4.78, 5) is 0. The number of phosphoric acid groups is 1. The van der Waals surface area contributed by atoms with Crippen molar-refractivity contribution in [3.05, 3.63) is 60.7 Å². The van der Waals surface area contributed by atoms with Crippen molar-refractivity contribution in [1.29, 1.82) is 0 Å². The van der Waals surface area contributed by atoms with Crippen LogP contribution < -0.4 is 9.05 Å². The molecule has 0 aliphatic rings. The zero-order valence-corrected chi connectivity index (χ0v) is 14.4. The summed E-state index contributed by atoms with van der Waals surface area (Å²) >= 11 is 0. The average Bonchev–Trinajstić information content (AvgIpc) is 2.53. The molecule has 0 radical (unpaired) electrons. The fourth-order valence-electron chi connectivity index (χ4n) is 1.96. The molecule has 0 aliphatic heterocycles. The Bertz CT molecular complexity index is 568. The Morgan fingerprint density at radius 1 is 0.870 bits per heavy atom. The van der Waals surface area contributed by atoms with E-state index in [4.69, 9.17) is 13.6 Å². The fourth-order valence-corrected chi connectivity index (χ4v) is 3.22. The molecule has 5 heteroatoms. The Kier molecular flexibility index (Phi) is 6.69. The summed E-state index contributed by atoms with van der Waals surface area (Å²) in [5.74, 6) is 1.48. The third-order valence-electron chi connectivity index (χ3n) is 3.10. The van der Waals surface area contributed by atoms with E-state index in [1.807, 2.05) is 12.1 Å². The highest BCUT2D eigenvalue weighted by atomic mass is 31.2. The summed E-state index contributed by atoms with van der Waals surface area (Å²) in [6, 6.07) is 17.8. The summed E-state index contributed by atoms with van der Waals surface area (Å²) in [7, 11) is -3.72. The number of hydrogen-bond donors (Lipinski definition) is 0. The summed E-state index contributed by atoms with van der Waals surface area (Å²) in [5.41, 5.74) is 0. The van der Waals surface area contributed by atoms with E-state index in [0.717, 1.165) is 12.8 Å². The molecule has 0 aromatic heterocycles. The summed E-state index contributed by atoms with van der Waals surface area (Å²) in [5, 5.41) is 0. The second-order valence-electron chi connectivity index (χ2n) is 5.63. The number of rotatable bonds is 9. The maximum absolute atomic E-state index is 12.9. The first-order chi connectivity index (χ1) is 11.1. The predicted molar refractivity (Wildman–Crippen MR) is 91.8 cm³/mol. The maximum Gasteiger partial charge on any atom is 0.587 e. The predicted octanol–water partition coefficient (Wildman–Crippen LogP) is 5.71. The van der Waals surface area contributed by atoms with Gasteiger partial charge >= 0.3 is 7.82 Å². The molecule has 0 fully saturated rings. The van der Waals surface area contributed by atoms with Crippen LogP contribution in [0.3, 0.4) is 0 Å². The lowest BCUT2D eigenvalue weighted by molar-refractivity contribution is 0.203. The first-order valence-electron chi connectivity index (χ1n) is 7.81. The molecule has 124 valence electrons. The van der Waals surface area contributed by atoms with Crippen LogP contribution in [-0.4, -0.2) is 6.61 Å². The van der Waals surface area contributed by atoms with E-state index in [9.17, 15) is 4.57 Å². The first-order valence-corrected chi connectivity index (χ1v) is 9.27. The number of para-hydroxylation sites is 2. The SMILES string of the molecule is CC(C)CCCOP(=O)(Oc1ccccc1)Oc1ccccc1. The molecule has 4 nitrogen and oxygen atoms in total. The van der Waals surface area contributed by atoms with E-state index in [1.165, 1.54) is 0 Å². The molecule has 0 saturated carbocycles. The van der Waals surface area contributed by atoms with Crippen LogP contribution in [0.25, 0.3) is 0 Å². The molecule has 0 spiro atoms. The van der Waals surface area contributed by atoms with E-state index in [0.29, 0.717) is 24.0 Å². The van der Waals surface area contributed by atoms with Crippen LogP contribution in [0.4, 0.5) is 0 Å². The van der Waals surface area contributed by atoms with Crippen molar-refractivity contribution in [3.63, 3.8) is 0 Å². The fraction of sp³-hybridized carbons (Fsp3) is 0.333. The van der Waals surface area contributed by atoms with Gasteiger partial charge in [-0.25, -0.2) is 4.57 Å². The third kappa shape index (κ3) is 6.47. The van der Waals surface area contributed by atoms with Crippen molar-refractivity contribution < 1.29 is 18.1 Å². The molecular formula is C18H23O4P. The number of phosphoric ester groups is 1.